The van der Waals surface area contributed by atoms with Crippen LogP contribution in [-0.4, -0.2) is 29.9 Å². The van der Waals surface area contributed by atoms with Crippen molar-refractivity contribution < 1.29 is 22.4 Å². The number of rotatable bonds is 3. The second-order valence-electron chi connectivity index (χ2n) is 7.59. The van der Waals surface area contributed by atoms with Crippen molar-refractivity contribution in [3.8, 4) is 0 Å². The number of alkyl halides is 2. The number of fused-ring (bicyclic) bond motifs is 1. The lowest BCUT2D eigenvalue weighted by Gasteiger charge is -2.34. The number of benzene rings is 2. The molecule has 2 heterocycles. The highest BCUT2D eigenvalue weighted by Gasteiger charge is 2.37. The summed E-state index contributed by atoms with van der Waals surface area (Å²) in [5.74, 6) is -5.36. The summed E-state index contributed by atoms with van der Waals surface area (Å²) in [4.78, 5) is 19.2. The molecule has 32 heavy (non-hydrogen) atoms. The first kappa shape index (κ1) is 22.8. The molecule has 4 nitrogen and oxygen atoms in total. The Hall–Kier alpha value is -2.39. The van der Waals surface area contributed by atoms with E-state index in [1.54, 1.807) is 25.1 Å². The van der Waals surface area contributed by atoms with E-state index in [-0.39, 0.29) is 24.2 Å². The molecule has 1 saturated heterocycles. The SMILES string of the molecule is Cc1c(N2CCCC(F)(F)C2)nc2ccc(Br)cc2c1C(=O)Nc1[c]c(F)c(Cl)cc1F. The highest BCUT2D eigenvalue weighted by atomic mass is 79.9. The van der Waals surface area contributed by atoms with Gasteiger partial charge in [-0.25, -0.2) is 22.5 Å². The summed E-state index contributed by atoms with van der Waals surface area (Å²) in [6.45, 7) is 1.43. The fourth-order valence-electron chi connectivity index (χ4n) is 3.81. The molecule has 3 aromatic rings. The van der Waals surface area contributed by atoms with Gasteiger partial charge in [-0.15, -0.1) is 0 Å². The Labute approximate surface area is 194 Å². The first-order valence-electron chi connectivity index (χ1n) is 9.66. The van der Waals surface area contributed by atoms with Gasteiger partial charge in [-0.05, 0) is 37.6 Å². The van der Waals surface area contributed by atoms with Gasteiger partial charge in [0, 0.05) is 28.4 Å². The van der Waals surface area contributed by atoms with E-state index in [2.05, 4.69) is 32.3 Å². The lowest BCUT2D eigenvalue weighted by atomic mass is 10.0. The third kappa shape index (κ3) is 4.41. The molecule has 0 unspecified atom stereocenters. The van der Waals surface area contributed by atoms with Gasteiger partial charge in [-0.1, -0.05) is 27.5 Å². The second-order valence-corrected chi connectivity index (χ2v) is 8.91. The number of hydrogen-bond acceptors (Lipinski definition) is 3. The predicted octanol–water partition coefficient (Wildman–Crippen LogP) is 6.53. The average molecular weight is 530 g/mol. The van der Waals surface area contributed by atoms with Crippen LogP contribution in [0.5, 0.6) is 0 Å². The number of halogens is 6. The van der Waals surface area contributed by atoms with Crippen LogP contribution in [0.15, 0.2) is 28.7 Å². The van der Waals surface area contributed by atoms with E-state index >= 15 is 0 Å². The Kier molecular flexibility index (Phi) is 6.06. The number of carbonyl (C=O) groups excluding carboxylic acids is 1. The third-order valence-corrected chi connectivity index (χ3v) is 6.03. The molecule has 1 aliphatic rings. The molecule has 1 aromatic heterocycles. The molecule has 167 valence electrons. The van der Waals surface area contributed by atoms with Gasteiger partial charge < -0.3 is 10.2 Å². The van der Waals surface area contributed by atoms with E-state index in [0.717, 1.165) is 6.07 Å². The molecular weight excluding hydrogens is 514 g/mol. The summed E-state index contributed by atoms with van der Waals surface area (Å²) in [6, 6.07) is 7.82. The molecular formula is C22H16BrClF4N3O. The van der Waals surface area contributed by atoms with Crippen LogP contribution >= 0.6 is 27.5 Å². The van der Waals surface area contributed by atoms with Crippen molar-refractivity contribution in [3.05, 3.63) is 62.6 Å². The topological polar surface area (TPSA) is 45.2 Å². The molecule has 0 aliphatic carbocycles. The zero-order valence-electron chi connectivity index (χ0n) is 16.7. The molecule has 0 bridgehead atoms. The molecule has 1 radical (unpaired) electrons. The van der Waals surface area contributed by atoms with Gasteiger partial charge in [0.2, 0.25) is 0 Å². The summed E-state index contributed by atoms with van der Waals surface area (Å²) < 4.78 is 56.8. The van der Waals surface area contributed by atoms with Crippen LogP contribution in [0.2, 0.25) is 5.02 Å². The van der Waals surface area contributed by atoms with Crippen molar-refractivity contribution in [3.63, 3.8) is 0 Å². The monoisotopic (exact) mass is 528 g/mol. The number of nitrogens with one attached hydrogen (secondary N) is 1. The van der Waals surface area contributed by atoms with Gasteiger partial charge in [0.05, 0.1) is 34.4 Å². The number of pyridine rings is 1. The van der Waals surface area contributed by atoms with Gasteiger partial charge in [0.25, 0.3) is 11.8 Å². The van der Waals surface area contributed by atoms with Crippen molar-refractivity contribution >= 4 is 55.8 Å². The number of carbonyl (C=O) groups is 1. The highest BCUT2D eigenvalue weighted by Crippen LogP contribution is 2.35. The largest absolute Gasteiger partial charge is 0.350 e. The standard InChI is InChI=1S/C22H16BrClF4N3O/c1-11-19(21(32)30-18-9-15(25)14(24)8-16(18)26)13-7-12(23)3-4-17(13)29-20(11)31-6-2-5-22(27,28)10-31/h3-4,7-8H,2,5-6,10H2,1H3,(H,30,32). The van der Waals surface area contributed by atoms with Gasteiger partial charge in [0.15, 0.2) is 5.82 Å². The lowest BCUT2D eigenvalue weighted by molar-refractivity contribution is -0.0118. The van der Waals surface area contributed by atoms with Crippen LogP contribution < -0.4 is 10.2 Å². The Morgan fingerprint density at radius 3 is 2.78 bits per heavy atom. The van der Waals surface area contributed by atoms with E-state index in [9.17, 15) is 22.4 Å². The van der Waals surface area contributed by atoms with E-state index in [0.29, 0.717) is 27.5 Å². The number of piperidine rings is 1. The van der Waals surface area contributed by atoms with Crippen LogP contribution in [0, 0.1) is 24.6 Å². The first-order valence-corrected chi connectivity index (χ1v) is 10.8. The second kappa shape index (κ2) is 8.51. The molecule has 1 aliphatic heterocycles. The fraction of sp³-hybridized carbons (Fsp3) is 0.273. The molecule has 10 heteroatoms. The van der Waals surface area contributed by atoms with Gasteiger partial charge >= 0.3 is 0 Å². The maximum Gasteiger partial charge on any atom is 0.265 e. The molecule has 1 amide bonds. The summed E-state index contributed by atoms with van der Waals surface area (Å²) in [5, 5.41) is 2.27. The normalized spacial score (nSPS) is 15.8. The van der Waals surface area contributed by atoms with Crippen LogP contribution in [-0.2, 0) is 0 Å². The minimum absolute atomic E-state index is 0.114. The minimum atomic E-state index is -2.87. The Morgan fingerprint density at radius 1 is 1.31 bits per heavy atom. The number of nitrogens with zero attached hydrogens (tertiary/aromatic N) is 2. The van der Waals surface area contributed by atoms with E-state index in [1.165, 1.54) is 4.90 Å². The quantitative estimate of drug-likeness (QED) is 0.310. The van der Waals surface area contributed by atoms with Gasteiger partial charge in [-0.2, -0.15) is 0 Å². The Balaban J connectivity index is 1.83. The van der Waals surface area contributed by atoms with Crippen LogP contribution in [0.3, 0.4) is 0 Å². The maximum atomic E-state index is 14.2. The average Bonchev–Trinajstić information content (AvgIpc) is 2.70. The number of hydrogen-bond donors (Lipinski definition) is 1. The van der Waals surface area contributed by atoms with Crippen LogP contribution in [0.4, 0.5) is 29.1 Å². The molecule has 0 saturated carbocycles. The smallest absolute Gasteiger partial charge is 0.265 e. The lowest BCUT2D eigenvalue weighted by Crippen LogP contribution is -2.43. The van der Waals surface area contributed by atoms with Crippen LogP contribution in [0.1, 0.15) is 28.8 Å². The molecule has 4 rings (SSSR count). The summed E-state index contributed by atoms with van der Waals surface area (Å²) in [7, 11) is 0. The van der Waals surface area contributed by atoms with Gasteiger partial charge in [0.1, 0.15) is 11.6 Å². The van der Waals surface area contributed by atoms with Crippen LogP contribution in [0.25, 0.3) is 10.9 Å². The number of aromatic nitrogens is 1. The molecule has 1 fully saturated rings. The van der Waals surface area contributed by atoms with Gasteiger partial charge in [-0.3, -0.25) is 4.79 Å². The van der Waals surface area contributed by atoms with E-state index < -0.39 is 40.7 Å². The first-order chi connectivity index (χ1) is 15.1. The zero-order chi connectivity index (χ0) is 23.2. The molecule has 0 spiro atoms. The van der Waals surface area contributed by atoms with Crippen molar-refractivity contribution in [2.24, 2.45) is 0 Å². The van der Waals surface area contributed by atoms with Crippen molar-refractivity contribution in [2.45, 2.75) is 25.7 Å². The van der Waals surface area contributed by atoms with Crippen molar-refractivity contribution in [1.82, 2.24) is 4.98 Å². The molecule has 1 N–H and O–H groups in total. The number of amides is 1. The van der Waals surface area contributed by atoms with E-state index in [1.807, 2.05) is 0 Å². The minimum Gasteiger partial charge on any atom is -0.350 e. The molecule has 0 atom stereocenters. The summed E-state index contributed by atoms with van der Waals surface area (Å²) in [6.07, 6.45) is 0.0614. The number of anilines is 2. The fourth-order valence-corrected chi connectivity index (χ4v) is 4.31. The van der Waals surface area contributed by atoms with Crippen molar-refractivity contribution in [1.29, 1.82) is 0 Å². The Bertz CT molecular complexity index is 1240. The zero-order valence-corrected chi connectivity index (χ0v) is 19.1. The third-order valence-electron chi connectivity index (χ3n) is 5.26. The Morgan fingerprint density at radius 2 is 2.06 bits per heavy atom. The highest BCUT2D eigenvalue weighted by molar-refractivity contribution is 9.10. The van der Waals surface area contributed by atoms with E-state index in [4.69, 9.17) is 11.6 Å². The van der Waals surface area contributed by atoms with Crippen molar-refractivity contribution in [2.75, 3.05) is 23.3 Å². The maximum absolute atomic E-state index is 14.2. The summed E-state index contributed by atoms with van der Waals surface area (Å²) in [5.41, 5.74) is 0.353. The summed E-state index contributed by atoms with van der Waals surface area (Å²) >= 11 is 8.90. The predicted molar refractivity (Wildman–Crippen MR) is 119 cm³/mol. The molecule has 2 aromatic carbocycles.